The molecule has 0 amide bonds. The Morgan fingerprint density at radius 3 is 2.40 bits per heavy atom. The summed E-state index contributed by atoms with van der Waals surface area (Å²) in [6.45, 7) is 7.39. The highest BCUT2D eigenvalue weighted by molar-refractivity contribution is 6.11. The van der Waals surface area contributed by atoms with Gasteiger partial charge in [0.1, 0.15) is 5.78 Å². The Bertz CT molecular complexity index is 1240. The predicted octanol–water partition coefficient (Wildman–Crippen LogP) is 5.71. The highest BCUT2D eigenvalue weighted by atomic mass is 16.5. The summed E-state index contributed by atoms with van der Waals surface area (Å²) in [5.41, 5.74) is 8.73. The van der Waals surface area contributed by atoms with Crippen molar-refractivity contribution in [2.24, 2.45) is 9.98 Å². The third-order valence-electron chi connectivity index (χ3n) is 5.87. The van der Waals surface area contributed by atoms with Crippen molar-refractivity contribution in [3.63, 3.8) is 0 Å². The first-order valence-electron chi connectivity index (χ1n) is 11.8. The molecule has 0 aliphatic rings. The lowest BCUT2D eigenvalue weighted by Crippen LogP contribution is -2.23. The normalized spacial score (nSPS) is 12.3. The number of amidine groups is 1. The number of benzene rings is 3. The molecule has 3 aromatic rings. The number of carbonyl (C=O) groups is 1. The van der Waals surface area contributed by atoms with E-state index < -0.39 is 0 Å². The minimum atomic E-state index is 0.154. The van der Waals surface area contributed by atoms with Gasteiger partial charge in [-0.25, -0.2) is 4.99 Å². The van der Waals surface area contributed by atoms with Crippen LogP contribution >= 0.6 is 0 Å². The molecule has 0 unspecified atom stereocenters. The Morgan fingerprint density at radius 2 is 1.71 bits per heavy atom. The van der Waals surface area contributed by atoms with Crippen LogP contribution in [0.3, 0.4) is 0 Å². The molecule has 182 valence electrons. The monoisotopic (exact) mass is 469 g/mol. The van der Waals surface area contributed by atoms with Crippen LogP contribution in [0.4, 0.5) is 0 Å². The lowest BCUT2D eigenvalue weighted by molar-refractivity contribution is -0.117. The van der Waals surface area contributed by atoms with E-state index >= 15 is 0 Å². The largest absolute Gasteiger partial charge is 0.380 e. The molecule has 0 aliphatic carbocycles. The number of aliphatic imine (C=N–C) groups is 2. The SMILES string of the molecule is C/N=C(\N=C(/C)c1ccc(-c2ccccc2C)c(COC)c1)c1cccc(CN(C)CC(C)=O)c1. The van der Waals surface area contributed by atoms with Crippen molar-refractivity contribution in [1.29, 1.82) is 0 Å². The first-order chi connectivity index (χ1) is 16.8. The van der Waals surface area contributed by atoms with Crippen LogP contribution in [-0.2, 0) is 22.7 Å². The van der Waals surface area contributed by atoms with Gasteiger partial charge in [0.15, 0.2) is 5.84 Å². The number of ketones is 1. The molecule has 0 saturated carbocycles. The standard InChI is InChI=1S/C30H35N3O2/c1-21-10-7-8-13-28(21)29-15-14-25(17-27(29)20-35-6)23(3)32-30(31-4)26-12-9-11-24(16-26)19-33(5)18-22(2)34/h7-17H,18-20H2,1-6H3/b31-30-,32-23+. The van der Waals surface area contributed by atoms with E-state index in [0.717, 1.165) is 28.0 Å². The van der Waals surface area contributed by atoms with E-state index in [0.29, 0.717) is 25.5 Å². The Labute approximate surface area is 209 Å². The molecular weight excluding hydrogens is 434 g/mol. The summed E-state index contributed by atoms with van der Waals surface area (Å²) in [6, 6.07) is 23.0. The zero-order chi connectivity index (χ0) is 25.4. The van der Waals surface area contributed by atoms with Gasteiger partial charge >= 0.3 is 0 Å². The topological polar surface area (TPSA) is 54.3 Å². The van der Waals surface area contributed by atoms with Crippen molar-refractivity contribution < 1.29 is 9.53 Å². The van der Waals surface area contributed by atoms with Crippen molar-refractivity contribution >= 4 is 17.3 Å². The molecule has 0 radical (unpaired) electrons. The van der Waals surface area contributed by atoms with E-state index in [-0.39, 0.29) is 5.78 Å². The molecule has 3 rings (SSSR count). The van der Waals surface area contributed by atoms with Gasteiger partial charge in [-0.15, -0.1) is 0 Å². The van der Waals surface area contributed by atoms with E-state index in [4.69, 9.17) is 9.73 Å². The summed E-state index contributed by atoms with van der Waals surface area (Å²) in [4.78, 5) is 22.8. The predicted molar refractivity (Wildman–Crippen MR) is 145 cm³/mol. The maximum absolute atomic E-state index is 11.4. The van der Waals surface area contributed by atoms with Gasteiger partial charge in [0, 0.05) is 32.0 Å². The number of hydrogen-bond donors (Lipinski definition) is 0. The Kier molecular flexibility index (Phi) is 9.24. The smallest absolute Gasteiger partial charge is 0.154 e. The van der Waals surface area contributed by atoms with Crippen LogP contribution in [0.1, 0.15) is 41.7 Å². The summed E-state index contributed by atoms with van der Waals surface area (Å²) in [5, 5.41) is 0. The lowest BCUT2D eigenvalue weighted by Gasteiger charge is -2.15. The summed E-state index contributed by atoms with van der Waals surface area (Å²) < 4.78 is 5.52. The maximum Gasteiger partial charge on any atom is 0.154 e. The zero-order valence-electron chi connectivity index (χ0n) is 21.6. The number of carbonyl (C=O) groups excluding carboxylic acids is 1. The molecule has 0 bridgehead atoms. The number of aryl methyl sites for hydroxylation is 1. The second kappa shape index (κ2) is 12.3. The summed E-state index contributed by atoms with van der Waals surface area (Å²) in [6.07, 6.45) is 0. The zero-order valence-corrected chi connectivity index (χ0v) is 21.6. The fourth-order valence-corrected chi connectivity index (χ4v) is 4.26. The van der Waals surface area contributed by atoms with Gasteiger partial charge in [-0.3, -0.25) is 14.7 Å². The molecule has 0 aliphatic heterocycles. The van der Waals surface area contributed by atoms with Crippen LogP contribution in [0.5, 0.6) is 0 Å². The van der Waals surface area contributed by atoms with Gasteiger partial charge in [0.25, 0.3) is 0 Å². The summed E-state index contributed by atoms with van der Waals surface area (Å²) in [5.74, 6) is 0.829. The van der Waals surface area contributed by atoms with E-state index in [2.05, 4.69) is 66.5 Å². The minimum absolute atomic E-state index is 0.154. The molecule has 0 spiro atoms. The van der Waals surface area contributed by atoms with E-state index in [1.165, 1.54) is 16.7 Å². The highest BCUT2D eigenvalue weighted by Gasteiger charge is 2.12. The number of ether oxygens (including phenoxy) is 1. The van der Waals surface area contributed by atoms with Gasteiger partial charge in [-0.1, -0.05) is 54.6 Å². The van der Waals surface area contributed by atoms with Crippen LogP contribution in [0.2, 0.25) is 0 Å². The Hall–Kier alpha value is -3.41. The number of methoxy groups -OCH3 is 1. The van der Waals surface area contributed by atoms with Gasteiger partial charge < -0.3 is 4.74 Å². The average Bonchev–Trinajstić information content (AvgIpc) is 2.82. The number of hydrogen-bond acceptors (Lipinski definition) is 4. The summed E-state index contributed by atoms with van der Waals surface area (Å²) in [7, 11) is 5.43. The number of likely N-dealkylation sites (N-methyl/N-ethyl adjacent to an activating group) is 1. The van der Waals surface area contributed by atoms with Crippen LogP contribution in [0.15, 0.2) is 76.7 Å². The van der Waals surface area contributed by atoms with Crippen molar-refractivity contribution in [3.05, 3.63) is 94.5 Å². The molecule has 3 aromatic carbocycles. The van der Waals surface area contributed by atoms with Crippen LogP contribution in [0.25, 0.3) is 11.1 Å². The van der Waals surface area contributed by atoms with Crippen LogP contribution in [-0.4, -0.2) is 50.0 Å². The number of nitrogens with zero attached hydrogens (tertiary/aromatic N) is 3. The lowest BCUT2D eigenvalue weighted by atomic mass is 9.94. The fourth-order valence-electron chi connectivity index (χ4n) is 4.26. The number of Topliss-reactive ketones (excluding diaryl/α,β-unsaturated/α-hetero) is 1. The van der Waals surface area contributed by atoms with Crippen molar-refractivity contribution in [1.82, 2.24) is 4.90 Å². The molecule has 5 heteroatoms. The average molecular weight is 470 g/mol. The van der Waals surface area contributed by atoms with Gasteiger partial charge in [-0.2, -0.15) is 0 Å². The molecule has 0 aromatic heterocycles. The third-order valence-corrected chi connectivity index (χ3v) is 5.87. The molecule has 0 atom stereocenters. The van der Waals surface area contributed by atoms with Crippen LogP contribution < -0.4 is 0 Å². The van der Waals surface area contributed by atoms with Crippen molar-refractivity contribution in [2.45, 2.75) is 33.9 Å². The molecule has 0 N–H and O–H groups in total. The first-order valence-corrected chi connectivity index (χ1v) is 11.8. The van der Waals surface area contributed by atoms with Gasteiger partial charge in [-0.05, 0) is 73.3 Å². The minimum Gasteiger partial charge on any atom is -0.380 e. The van der Waals surface area contributed by atoms with Crippen molar-refractivity contribution in [2.75, 3.05) is 27.7 Å². The molecule has 0 saturated heterocycles. The van der Waals surface area contributed by atoms with Gasteiger partial charge in [0.2, 0.25) is 0 Å². The van der Waals surface area contributed by atoms with E-state index in [9.17, 15) is 4.79 Å². The highest BCUT2D eigenvalue weighted by Crippen LogP contribution is 2.28. The second-order valence-corrected chi connectivity index (χ2v) is 8.94. The Balaban J connectivity index is 1.90. The second-order valence-electron chi connectivity index (χ2n) is 8.94. The number of rotatable bonds is 9. The quantitative estimate of drug-likeness (QED) is 0.298. The van der Waals surface area contributed by atoms with E-state index in [1.54, 1.807) is 21.1 Å². The Morgan fingerprint density at radius 1 is 0.943 bits per heavy atom. The fraction of sp³-hybridized carbons (Fsp3) is 0.300. The van der Waals surface area contributed by atoms with Crippen molar-refractivity contribution in [3.8, 4) is 11.1 Å². The van der Waals surface area contributed by atoms with Crippen LogP contribution in [0, 0.1) is 6.92 Å². The molecular formula is C30H35N3O2. The summed E-state index contributed by atoms with van der Waals surface area (Å²) >= 11 is 0. The first kappa shape index (κ1) is 26.2. The molecule has 35 heavy (non-hydrogen) atoms. The molecule has 0 heterocycles. The third kappa shape index (κ3) is 7.04. The molecule has 0 fully saturated rings. The van der Waals surface area contributed by atoms with E-state index in [1.807, 2.05) is 31.0 Å². The van der Waals surface area contributed by atoms with Gasteiger partial charge in [0.05, 0.1) is 13.2 Å². The maximum atomic E-state index is 11.4. The molecule has 5 nitrogen and oxygen atoms in total.